The Kier molecular flexibility index (Phi) is 6.95. The van der Waals surface area contributed by atoms with Crippen molar-refractivity contribution in [2.24, 2.45) is 0 Å². The van der Waals surface area contributed by atoms with E-state index in [2.05, 4.69) is 50.7 Å². The summed E-state index contributed by atoms with van der Waals surface area (Å²) in [7, 11) is 0. The van der Waals surface area contributed by atoms with Crippen LogP contribution in [0.15, 0.2) is 54.9 Å². The van der Waals surface area contributed by atoms with Crippen molar-refractivity contribution in [1.29, 1.82) is 0 Å². The molecule has 2 aromatic heterocycles. The number of halogens is 1. The summed E-state index contributed by atoms with van der Waals surface area (Å²) in [6.07, 6.45) is 3.57. The smallest absolute Gasteiger partial charge is 0.245 e. The molecule has 6 rings (SSSR count). The van der Waals surface area contributed by atoms with Gasteiger partial charge in [-0.05, 0) is 50.5 Å². The zero-order valence-electron chi connectivity index (χ0n) is 21.9. The van der Waals surface area contributed by atoms with Gasteiger partial charge in [0.2, 0.25) is 5.88 Å². The minimum absolute atomic E-state index is 0.177. The Morgan fingerprint density at radius 2 is 1.97 bits per heavy atom. The Bertz CT molecular complexity index is 1420. The number of ether oxygens (including phenoxy) is 2. The number of aromatic nitrogens is 4. The van der Waals surface area contributed by atoms with Crippen molar-refractivity contribution in [2.45, 2.75) is 44.9 Å². The van der Waals surface area contributed by atoms with Gasteiger partial charge in [0.05, 0.1) is 11.6 Å². The second kappa shape index (κ2) is 10.5. The number of benzene rings is 2. The van der Waals surface area contributed by atoms with E-state index in [1.165, 1.54) is 0 Å². The van der Waals surface area contributed by atoms with Crippen molar-refractivity contribution >= 4 is 22.8 Å². The topological polar surface area (TPSA) is 77.3 Å². The van der Waals surface area contributed by atoms with E-state index in [4.69, 9.17) is 26.1 Å². The summed E-state index contributed by atoms with van der Waals surface area (Å²) in [5.41, 5.74) is 3.14. The van der Waals surface area contributed by atoms with Crippen LogP contribution in [0, 0.1) is 0 Å². The molecule has 38 heavy (non-hydrogen) atoms. The first-order valence-electron chi connectivity index (χ1n) is 13.3. The second-order valence-corrected chi connectivity index (χ2v) is 11.0. The number of nitrogens with one attached hydrogen (secondary N) is 1. The van der Waals surface area contributed by atoms with Crippen LogP contribution in [0.25, 0.3) is 22.6 Å². The zero-order chi connectivity index (χ0) is 26.1. The largest absolute Gasteiger partial charge is 0.492 e. The average Bonchev–Trinajstić information content (AvgIpc) is 3.53. The van der Waals surface area contributed by atoms with E-state index in [1.54, 1.807) is 6.33 Å². The van der Waals surface area contributed by atoms with Gasteiger partial charge in [-0.25, -0.2) is 9.97 Å². The SMILES string of the molecule is C[C@@H]1CN(CCOc2ccc(-c3nc4c(OC5(C)CC5)ncnc4n3Cc3ccccc3)c(Cl)c2)CCN1. The van der Waals surface area contributed by atoms with E-state index in [1.807, 2.05) is 36.4 Å². The first-order chi connectivity index (χ1) is 18.5. The average molecular weight is 533 g/mol. The molecule has 0 unspecified atom stereocenters. The van der Waals surface area contributed by atoms with Gasteiger partial charge in [0.25, 0.3) is 0 Å². The van der Waals surface area contributed by atoms with Crippen LogP contribution in [0.3, 0.4) is 0 Å². The van der Waals surface area contributed by atoms with Crippen molar-refractivity contribution in [3.63, 3.8) is 0 Å². The van der Waals surface area contributed by atoms with E-state index in [0.29, 0.717) is 35.6 Å². The molecule has 2 fully saturated rings. The molecule has 1 N–H and O–H groups in total. The van der Waals surface area contributed by atoms with Crippen LogP contribution >= 0.6 is 11.6 Å². The minimum Gasteiger partial charge on any atom is -0.492 e. The van der Waals surface area contributed by atoms with Crippen molar-refractivity contribution < 1.29 is 9.47 Å². The van der Waals surface area contributed by atoms with Crippen LogP contribution in [0.1, 0.15) is 32.3 Å². The van der Waals surface area contributed by atoms with Crippen LogP contribution in [0.4, 0.5) is 0 Å². The highest BCUT2D eigenvalue weighted by molar-refractivity contribution is 6.33. The maximum absolute atomic E-state index is 6.85. The highest BCUT2D eigenvalue weighted by atomic mass is 35.5. The Labute approximate surface area is 228 Å². The minimum atomic E-state index is -0.177. The Morgan fingerprint density at radius 3 is 2.74 bits per heavy atom. The number of fused-ring (bicyclic) bond motifs is 1. The third-order valence-electron chi connectivity index (χ3n) is 7.29. The summed E-state index contributed by atoms with van der Waals surface area (Å²) < 4.78 is 14.4. The molecule has 1 saturated carbocycles. The van der Waals surface area contributed by atoms with Gasteiger partial charge in [0.15, 0.2) is 11.2 Å². The summed E-state index contributed by atoms with van der Waals surface area (Å²) in [4.78, 5) is 16.4. The molecule has 0 radical (unpaired) electrons. The van der Waals surface area contributed by atoms with Crippen LogP contribution < -0.4 is 14.8 Å². The van der Waals surface area contributed by atoms with Crippen molar-refractivity contribution in [3.8, 4) is 23.0 Å². The quantitative estimate of drug-likeness (QED) is 0.332. The van der Waals surface area contributed by atoms with Gasteiger partial charge in [0.1, 0.15) is 30.1 Å². The monoisotopic (exact) mass is 532 g/mol. The van der Waals surface area contributed by atoms with E-state index in [-0.39, 0.29) is 5.60 Å². The van der Waals surface area contributed by atoms with Gasteiger partial charge in [0, 0.05) is 37.8 Å². The summed E-state index contributed by atoms with van der Waals surface area (Å²) in [5, 5.41) is 4.05. The van der Waals surface area contributed by atoms with Gasteiger partial charge in [-0.15, -0.1) is 0 Å². The fraction of sp³-hybridized carbons (Fsp3) is 0.414. The first kappa shape index (κ1) is 25.1. The number of hydrogen-bond acceptors (Lipinski definition) is 7. The lowest BCUT2D eigenvalue weighted by Gasteiger charge is -2.31. The molecule has 1 saturated heterocycles. The Balaban J connectivity index is 1.29. The molecule has 0 spiro atoms. The molecule has 1 aliphatic carbocycles. The summed E-state index contributed by atoms with van der Waals surface area (Å²) in [5.74, 6) is 1.99. The maximum atomic E-state index is 6.85. The number of rotatable bonds is 9. The standard InChI is InChI=1S/C29H33ClN6O2/c1-20-17-35(13-12-31-20)14-15-37-22-8-9-23(24(30)16-22)26-34-25-27(36(26)18-21-6-4-3-5-7-21)32-19-33-28(25)38-29(2)10-11-29/h3-9,16,19-20,31H,10-15,17-18H2,1-2H3/t20-/m1/s1. The van der Waals surface area contributed by atoms with Crippen molar-refractivity contribution in [1.82, 2.24) is 29.7 Å². The lowest BCUT2D eigenvalue weighted by atomic mass is 10.2. The molecule has 3 heterocycles. The molecule has 8 nitrogen and oxygen atoms in total. The molecule has 4 aromatic rings. The molecular weight excluding hydrogens is 500 g/mol. The predicted octanol–water partition coefficient (Wildman–Crippen LogP) is 4.80. The first-order valence-corrected chi connectivity index (χ1v) is 13.7. The number of piperazine rings is 1. The third-order valence-corrected chi connectivity index (χ3v) is 7.60. The number of nitrogens with zero attached hydrogens (tertiary/aromatic N) is 5. The lowest BCUT2D eigenvalue weighted by molar-refractivity contribution is 0.170. The van der Waals surface area contributed by atoms with Crippen LogP contribution in [0.5, 0.6) is 11.6 Å². The molecule has 2 aromatic carbocycles. The van der Waals surface area contributed by atoms with E-state index < -0.39 is 0 Å². The van der Waals surface area contributed by atoms with Gasteiger partial charge < -0.3 is 19.4 Å². The highest BCUT2D eigenvalue weighted by Crippen LogP contribution is 2.41. The molecule has 2 aliphatic rings. The van der Waals surface area contributed by atoms with Gasteiger partial charge >= 0.3 is 0 Å². The molecule has 0 amide bonds. The molecule has 1 atom stereocenters. The second-order valence-electron chi connectivity index (χ2n) is 10.6. The Morgan fingerprint density at radius 1 is 1.13 bits per heavy atom. The van der Waals surface area contributed by atoms with Crippen molar-refractivity contribution in [2.75, 3.05) is 32.8 Å². The molecular formula is C29H33ClN6O2. The van der Waals surface area contributed by atoms with E-state index in [0.717, 1.165) is 67.4 Å². The fourth-order valence-electron chi connectivity index (χ4n) is 4.90. The summed E-state index contributed by atoms with van der Waals surface area (Å²) >= 11 is 6.85. The highest BCUT2D eigenvalue weighted by Gasteiger charge is 2.41. The summed E-state index contributed by atoms with van der Waals surface area (Å²) in [6, 6.07) is 16.6. The molecule has 9 heteroatoms. The van der Waals surface area contributed by atoms with E-state index in [9.17, 15) is 0 Å². The normalized spacial score (nSPS) is 19.0. The molecule has 198 valence electrons. The molecule has 1 aliphatic heterocycles. The molecule has 0 bridgehead atoms. The van der Waals surface area contributed by atoms with Gasteiger partial charge in [-0.3, -0.25) is 4.90 Å². The predicted molar refractivity (Wildman–Crippen MR) is 149 cm³/mol. The Hall–Kier alpha value is -3.20. The number of imidazole rings is 1. The zero-order valence-corrected chi connectivity index (χ0v) is 22.6. The van der Waals surface area contributed by atoms with Crippen LogP contribution in [-0.2, 0) is 6.54 Å². The maximum Gasteiger partial charge on any atom is 0.245 e. The third kappa shape index (κ3) is 5.48. The van der Waals surface area contributed by atoms with Gasteiger partial charge in [-0.1, -0.05) is 41.9 Å². The van der Waals surface area contributed by atoms with Crippen molar-refractivity contribution in [3.05, 3.63) is 65.4 Å². The van der Waals surface area contributed by atoms with Crippen LogP contribution in [0.2, 0.25) is 5.02 Å². The van der Waals surface area contributed by atoms with Gasteiger partial charge in [-0.2, -0.15) is 4.98 Å². The van der Waals surface area contributed by atoms with Crippen LogP contribution in [-0.4, -0.2) is 68.8 Å². The fourth-order valence-corrected chi connectivity index (χ4v) is 5.15. The van der Waals surface area contributed by atoms with E-state index >= 15 is 0 Å². The summed E-state index contributed by atoms with van der Waals surface area (Å²) in [6.45, 7) is 9.50. The number of hydrogen-bond donors (Lipinski definition) is 1. The lowest BCUT2D eigenvalue weighted by Crippen LogP contribution is -2.50.